The van der Waals surface area contributed by atoms with E-state index in [4.69, 9.17) is 5.11 Å². The minimum absolute atomic E-state index is 0.111. The van der Waals surface area contributed by atoms with Crippen LogP contribution in [0.25, 0.3) is 10.6 Å². The van der Waals surface area contributed by atoms with Crippen LogP contribution < -0.4 is 0 Å². The summed E-state index contributed by atoms with van der Waals surface area (Å²) in [4.78, 5) is 29.9. The average Bonchev–Trinajstić information content (AvgIpc) is 3.10. The first-order valence-corrected chi connectivity index (χ1v) is 9.08. The fourth-order valence-electron chi connectivity index (χ4n) is 3.10. The van der Waals surface area contributed by atoms with Crippen LogP contribution in [0.1, 0.15) is 35.4 Å². The Balaban J connectivity index is 1.69. The number of aromatic nitrogens is 1. The van der Waals surface area contributed by atoms with E-state index in [0.717, 1.165) is 12.8 Å². The summed E-state index contributed by atoms with van der Waals surface area (Å²) in [5.41, 5.74) is 0.393. The smallest absolute Gasteiger partial charge is 0.303 e. The highest BCUT2D eigenvalue weighted by Gasteiger charge is 2.26. The van der Waals surface area contributed by atoms with Gasteiger partial charge in [0, 0.05) is 25.1 Å². The molecule has 2 aromatic rings. The summed E-state index contributed by atoms with van der Waals surface area (Å²) < 4.78 is 13.9. The van der Waals surface area contributed by atoms with Crippen molar-refractivity contribution in [2.45, 2.75) is 25.7 Å². The second-order valence-corrected chi connectivity index (χ2v) is 7.23. The van der Waals surface area contributed by atoms with Crippen molar-refractivity contribution in [2.75, 3.05) is 13.1 Å². The molecular formula is C18H19FN2O3S. The van der Waals surface area contributed by atoms with Gasteiger partial charge >= 0.3 is 5.97 Å². The first kappa shape index (κ1) is 17.5. The molecule has 1 atom stereocenters. The van der Waals surface area contributed by atoms with Crippen molar-refractivity contribution in [3.05, 3.63) is 41.2 Å². The van der Waals surface area contributed by atoms with Crippen LogP contribution in [-0.2, 0) is 4.79 Å². The number of carboxylic acids is 1. The number of likely N-dealkylation sites (tertiary alicyclic amines) is 1. The second-order valence-electron chi connectivity index (χ2n) is 6.20. The number of hydrogen-bond donors (Lipinski definition) is 1. The maximum absolute atomic E-state index is 13.9. The summed E-state index contributed by atoms with van der Waals surface area (Å²) in [5, 5.41) is 9.30. The van der Waals surface area contributed by atoms with Crippen molar-refractivity contribution < 1.29 is 19.1 Å². The van der Waals surface area contributed by atoms with E-state index in [1.54, 1.807) is 23.1 Å². The van der Waals surface area contributed by atoms with E-state index in [9.17, 15) is 14.0 Å². The molecule has 0 unspecified atom stereocenters. The molecule has 0 spiro atoms. The van der Waals surface area contributed by atoms with Gasteiger partial charge in [0.15, 0.2) is 0 Å². The van der Waals surface area contributed by atoms with Crippen LogP contribution in [-0.4, -0.2) is 40.0 Å². The van der Waals surface area contributed by atoms with E-state index in [-0.39, 0.29) is 24.1 Å². The standard InChI is InChI=1S/C18H19FN2O3S/c19-14-6-2-1-5-13(14)17-20-10-15(25-17)18(24)21-9-3-4-12(11-21)7-8-16(22)23/h1-2,5-6,10,12H,3-4,7-9,11H2,(H,22,23)/t12-/m1/s1. The molecule has 1 aromatic carbocycles. The summed E-state index contributed by atoms with van der Waals surface area (Å²) in [6.45, 7) is 1.23. The maximum Gasteiger partial charge on any atom is 0.303 e. The third kappa shape index (κ3) is 4.22. The third-order valence-corrected chi connectivity index (χ3v) is 5.41. The summed E-state index contributed by atoms with van der Waals surface area (Å²) in [7, 11) is 0. The zero-order chi connectivity index (χ0) is 17.8. The number of amides is 1. The van der Waals surface area contributed by atoms with Gasteiger partial charge in [-0.1, -0.05) is 12.1 Å². The molecule has 1 fully saturated rings. The second kappa shape index (κ2) is 7.74. The van der Waals surface area contributed by atoms with Crippen LogP contribution in [0.15, 0.2) is 30.5 Å². The number of carboxylic acid groups (broad SMARTS) is 1. The minimum Gasteiger partial charge on any atom is -0.481 e. The Morgan fingerprint density at radius 2 is 2.16 bits per heavy atom. The lowest BCUT2D eigenvalue weighted by molar-refractivity contribution is -0.137. The van der Waals surface area contributed by atoms with Gasteiger partial charge in [0.1, 0.15) is 15.7 Å². The first-order chi connectivity index (χ1) is 12.0. The average molecular weight is 362 g/mol. The number of aliphatic carboxylic acids is 1. The monoisotopic (exact) mass is 362 g/mol. The van der Waals surface area contributed by atoms with Crippen LogP contribution in [0.5, 0.6) is 0 Å². The number of nitrogens with zero attached hydrogens (tertiary/aromatic N) is 2. The van der Waals surface area contributed by atoms with E-state index in [2.05, 4.69) is 4.98 Å². The lowest BCUT2D eigenvalue weighted by Gasteiger charge is -2.32. The van der Waals surface area contributed by atoms with Crippen LogP contribution in [0.4, 0.5) is 4.39 Å². The molecule has 1 aliphatic heterocycles. The number of carbonyl (C=O) groups is 2. The van der Waals surface area contributed by atoms with Gasteiger partial charge in [0.2, 0.25) is 0 Å². The van der Waals surface area contributed by atoms with E-state index >= 15 is 0 Å². The summed E-state index contributed by atoms with van der Waals surface area (Å²) in [5.74, 6) is -1.06. The van der Waals surface area contributed by atoms with Gasteiger partial charge in [0.05, 0.1) is 6.20 Å². The Hall–Kier alpha value is -2.28. The summed E-state index contributed by atoms with van der Waals surface area (Å²) in [6.07, 6.45) is 4.03. The normalized spacial score (nSPS) is 17.5. The SMILES string of the molecule is O=C(O)CC[C@H]1CCCN(C(=O)c2cnc(-c3ccccc3F)s2)C1. The molecule has 1 amide bonds. The van der Waals surface area contributed by atoms with Crippen molar-refractivity contribution in [2.24, 2.45) is 5.92 Å². The number of halogens is 1. The zero-order valence-electron chi connectivity index (χ0n) is 13.7. The molecule has 1 aliphatic rings. The first-order valence-electron chi connectivity index (χ1n) is 8.26. The van der Waals surface area contributed by atoms with Crippen molar-refractivity contribution in [3.63, 3.8) is 0 Å². The molecule has 2 heterocycles. The third-order valence-electron chi connectivity index (χ3n) is 4.39. The maximum atomic E-state index is 13.9. The Labute approximate surface area is 149 Å². The number of hydrogen-bond acceptors (Lipinski definition) is 4. The molecule has 25 heavy (non-hydrogen) atoms. The van der Waals surface area contributed by atoms with Crippen molar-refractivity contribution >= 4 is 23.2 Å². The molecule has 3 rings (SSSR count). The topological polar surface area (TPSA) is 70.5 Å². The molecule has 7 heteroatoms. The molecule has 132 valence electrons. The predicted octanol–water partition coefficient (Wildman–Crippen LogP) is 3.67. The predicted molar refractivity (Wildman–Crippen MR) is 93.0 cm³/mol. The Morgan fingerprint density at radius 1 is 1.36 bits per heavy atom. The quantitative estimate of drug-likeness (QED) is 0.881. The lowest BCUT2D eigenvalue weighted by Crippen LogP contribution is -2.39. The Morgan fingerprint density at radius 3 is 2.92 bits per heavy atom. The molecule has 1 saturated heterocycles. The van der Waals surface area contributed by atoms with Gasteiger partial charge in [-0.3, -0.25) is 9.59 Å². The molecule has 0 aliphatic carbocycles. The van der Waals surface area contributed by atoms with Gasteiger partial charge in [-0.15, -0.1) is 11.3 Å². The highest BCUT2D eigenvalue weighted by molar-refractivity contribution is 7.16. The highest BCUT2D eigenvalue weighted by Crippen LogP contribution is 2.29. The van der Waals surface area contributed by atoms with Gasteiger partial charge in [-0.25, -0.2) is 9.37 Å². The minimum atomic E-state index is -0.805. The molecule has 0 radical (unpaired) electrons. The van der Waals surface area contributed by atoms with Gasteiger partial charge in [-0.2, -0.15) is 0 Å². The van der Waals surface area contributed by atoms with Gasteiger partial charge in [0.25, 0.3) is 5.91 Å². The molecule has 0 bridgehead atoms. The van der Waals surface area contributed by atoms with Crippen molar-refractivity contribution in [1.82, 2.24) is 9.88 Å². The van der Waals surface area contributed by atoms with Gasteiger partial charge < -0.3 is 10.0 Å². The number of thiazole rings is 1. The molecule has 1 N–H and O–H groups in total. The fraction of sp³-hybridized carbons (Fsp3) is 0.389. The number of carbonyl (C=O) groups excluding carboxylic acids is 1. The summed E-state index contributed by atoms with van der Waals surface area (Å²) >= 11 is 1.18. The van der Waals surface area contributed by atoms with Crippen LogP contribution in [0, 0.1) is 11.7 Å². The van der Waals surface area contributed by atoms with Crippen LogP contribution in [0.2, 0.25) is 0 Å². The van der Waals surface area contributed by atoms with Crippen LogP contribution in [0.3, 0.4) is 0 Å². The Bertz CT molecular complexity index is 777. The zero-order valence-corrected chi connectivity index (χ0v) is 14.5. The number of rotatable bonds is 5. The summed E-state index contributed by atoms with van der Waals surface area (Å²) in [6, 6.07) is 6.36. The van der Waals surface area contributed by atoms with E-state index in [1.807, 2.05) is 0 Å². The lowest BCUT2D eigenvalue weighted by atomic mass is 9.93. The van der Waals surface area contributed by atoms with Crippen molar-refractivity contribution in [1.29, 1.82) is 0 Å². The molecule has 0 saturated carbocycles. The van der Waals surface area contributed by atoms with Gasteiger partial charge in [-0.05, 0) is 37.3 Å². The van der Waals surface area contributed by atoms with Crippen LogP contribution >= 0.6 is 11.3 Å². The van der Waals surface area contributed by atoms with E-state index in [0.29, 0.717) is 35.0 Å². The van der Waals surface area contributed by atoms with E-state index < -0.39 is 5.97 Å². The Kier molecular flexibility index (Phi) is 5.43. The molecule has 1 aromatic heterocycles. The molecule has 5 nitrogen and oxygen atoms in total. The van der Waals surface area contributed by atoms with E-state index in [1.165, 1.54) is 23.6 Å². The fourth-order valence-corrected chi connectivity index (χ4v) is 4.01. The number of benzene rings is 1. The van der Waals surface area contributed by atoms with Crippen molar-refractivity contribution in [3.8, 4) is 10.6 Å². The largest absolute Gasteiger partial charge is 0.481 e. The number of piperidine rings is 1. The highest BCUT2D eigenvalue weighted by atomic mass is 32.1. The molecular weight excluding hydrogens is 343 g/mol.